The molecule has 2 aromatic rings. The van der Waals surface area contributed by atoms with E-state index in [9.17, 15) is 14.9 Å². The molecule has 0 unspecified atom stereocenters. The Labute approximate surface area is 134 Å². The number of ketones is 1. The number of nitrogens with zero attached hydrogens (tertiary/aromatic N) is 1. The molecule has 0 aliphatic rings. The molecule has 118 valence electrons. The van der Waals surface area contributed by atoms with Crippen LogP contribution in [0.2, 0.25) is 0 Å². The number of benzene rings is 2. The highest BCUT2D eigenvalue weighted by Crippen LogP contribution is 2.15. The van der Waals surface area contributed by atoms with E-state index in [1.54, 1.807) is 42.5 Å². The first-order valence-corrected chi connectivity index (χ1v) is 7.30. The molecule has 0 spiro atoms. The number of carbonyl (C=O) groups excluding carboxylic acids is 1. The summed E-state index contributed by atoms with van der Waals surface area (Å²) >= 11 is 0. The maximum Gasteiger partial charge on any atom is 0.269 e. The first-order valence-electron chi connectivity index (χ1n) is 7.30. The number of nitro benzene ring substituents is 1. The summed E-state index contributed by atoms with van der Waals surface area (Å²) in [5, 5.41) is 10.6. The number of hydrogen-bond acceptors (Lipinski definition) is 4. The van der Waals surface area contributed by atoms with Gasteiger partial charge in [0.1, 0.15) is 5.75 Å². The zero-order chi connectivity index (χ0) is 16.7. The predicted molar refractivity (Wildman–Crippen MR) is 88.7 cm³/mol. The largest absolute Gasteiger partial charge is 0.494 e. The minimum Gasteiger partial charge on any atom is -0.494 e. The van der Waals surface area contributed by atoms with Crippen LogP contribution in [0.4, 0.5) is 5.69 Å². The Morgan fingerprint density at radius 1 is 1.13 bits per heavy atom. The Hall–Kier alpha value is -2.95. The fourth-order valence-electron chi connectivity index (χ4n) is 1.91. The predicted octanol–water partition coefficient (Wildman–Crippen LogP) is 4.28. The van der Waals surface area contributed by atoms with Gasteiger partial charge in [0.25, 0.3) is 5.69 Å². The van der Waals surface area contributed by atoms with Gasteiger partial charge in [0.2, 0.25) is 0 Å². The number of rotatable bonds is 7. The van der Waals surface area contributed by atoms with E-state index in [0.717, 1.165) is 17.7 Å². The van der Waals surface area contributed by atoms with Gasteiger partial charge in [-0.25, -0.2) is 0 Å². The number of carbonyl (C=O) groups is 1. The van der Waals surface area contributed by atoms with Gasteiger partial charge in [-0.1, -0.05) is 13.0 Å². The Balaban J connectivity index is 2.01. The normalized spacial score (nSPS) is 10.7. The molecule has 23 heavy (non-hydrogen) atoms. The summed E-state index contributed by atoms with van der Waals surface area (Å²) in [6.45, 7) is 2.67. The summed E-state index contributed by atoms with van der Waals surface area (Å²) in [5.41, 5.74) is 1.31. The molecule has 5 nitrogen and oxygen atoms in total. The van der Waals surface area contributed by atoms with Crippen LogP contribution in [0.25, 0.3) is 6.08 Å². The topological polar surface area (TPSA) is 69.4 Å². The number of nitro groups is 1. The van der Waals surface area contributed by atoms with Crippen molar-refractivity contribution in [3.8, 4) is 5.75 Å². The maximum absolute atomic E-state index is 12.1. The third kappa shape index (κ3) is 4.78. The molecule has 0 bridgehead atoms. The fourth-order valence-corrected chi connectivity index (χ4v) is 1.91. The number of non-ortho nitro benzene ring substituents is 1. The molecule has 0 amide bonds. The highest BCUT2D eigenvalue weighted by atomic mass is 16.6. The van der Waals surface area contributed by atoms with Crippen LogP contribution < -0.4 is 4.74 Å². The van der Waals surface area contributed by atoms with Crippen LogP contribution in [0.15, 0.2) is 54.6 Å². The van der Waals surface area contributed by atoms with E-state index in [1.807, 2.05) is 6.92 Å². The van der Waals surface area contributed by atoms with Crippen molar-refractivity contribution in [1.82, 2.24) is 0 Å². The summed E-state index contributed by atoms with van der Waals surface area (Å²) in [6.07, 6.45) is 4.01. The van der Waals surface area contributed by atoms with Gasteiger partial charge in [-0.3, -0.25) is 14.9 Å². The Morgan fingerprint density at radius 2 is 1.78 bits per heavy atom. The van der Waals surface area contributed by atoms with Gasteiger partial charge in [0.05, 0.1) is 11.5 Å². The molecule has 0 heterocycles. The molecule has 0 saturated heterocycles. The maximum atomic E-state index is 12.1. The first-order chi connectivity index (χ1) is 11.1. The Morgan fingerprint density at radius 3 is 2.35 bits per heavy atom. The Kier molecular flexibility index (Phi) is 5.63. The summed E-state index contributed by atoms with van der Waals surface area (Å²) < 4.78 is 5.47. The van der Waals surface area contributed by atoms with Crippen molar-refractivity contribution in [2.75, 3.05) is 6.61 Å². The molecule has 0 atom stereocenters. The van der Waals surface area contributed by atoms with Gasteiger partial charge in [0, 0.05) is 17.7 Å². The van der Waals surface area contributed by atoms with E-state index >= 15 is 0 Å². The molecule has 0 saturated carbocycles. The van der Waals surface area contributed by atoms with Crippen molar-refractivity contribution in [1.29, 1.82) is 0 Å². The van der Waals surface area contributed by atoms with Crippen molar-refractivity contribution >= 4 is 17.5 Å². The first kappa shape index (κ1) is 16.4. The molecule has 0 aromatic heterocycles. The van der Waals surface area contributed by atoms with E-state index in [2.05, 4.69) is 0 Å². The molecular formula is C18H17NO4. The van der Waals surface area contributed by atoms with Crippen molar-refractivity contribution in [3.05, 3.63) is 75.8 Å². The standard InChI is InChI=1S/C18H17NO4/c1-2-13-23-17-10-6-15(7-11-17)18(20)12-5-14-3-8-16(9-4-14)19(21)22/h3-12H,2,13H2,1H3/b12-5+. The SMILES string of the molecule is CCCOc1ccc(C(=O)/C=C/c2ccc([N+](=O)[O-])cc2)cc1. The van der Waals surface area contributed by atoms with E-state index in [0.29, 0.717) is 12.2 Å². The quantitative estimate of drug-likeness (QED) is 0.331. The summed E-state index contributed by atoms with van der Waals surface area (Å²) in [5.74, 6) is 0.605. The fraction of sp³-hybridized carbons (Fsp3) is 0.167. The zero-order valence-electron chi connectivity index (χ0n) is 12.8. The Bertz CT molecular complexity index is 703. The molecule has 2 aromatic carbocycles. The van der Waals surface area contributed by atoms with Crippen LogP contribution in [0.1, 0.15) is 29.3 Å². The number of allylic oxidation sites excluding steroid dienone is 1. The monoisotopic (exact) mass is 311 g/mol. The van der Waals surface area contributed by atoms with Gasteiger partial charge in [-0.2, -0.15) is 0 Å². The van der Waals surface area contributed by atoms with E-state index in [4.69, 9.17) is 4.74 Å². The van der Waals surface area contributed by atoms with Gasteiger partial charge in [0.15, 0.2) is 5.78 Å². The van der Waals surface area contributed by atoms with Crippen LogP contribution in [0.5, 0.6) is 5.75 Å². The van der Waals surface area contributed by atoms with Gasteiger partial charge in [-0.15, -0.1) is 0 Å². The summed E-state index contributed by atoms with van der Waals surface area (Å²) in [6, 6.07) is 13.0. The third-order valence-electron chi connectivity index (χ3n) is 3.14. The molecule has 5 heteroatoms. The second-order valence-corrected chi connectivity index (χ2v) is 4.92. The number of hydrogen-bond donors (Lipinski definition) is 0. The highest BCUT2D eigenvalue weighted by Gasteiger charge is 2.04. The van der Waals surface area contributed by atoms with Crippen molar-refractivity contribution in [2.45, 2.75) is 13.3 Å². The molecular weight excluding hydrogens is 294 g/mol. The summed E-state index contributed by atoms with van der Waals surface area (Å²) in [4.78, 5) is 22.2. The molecule has 0 N–H and O–H groups in total. The number of ether oxygens (including phenoxy) is 1. The average molecular weight is 311 g/mol. The van der Waals surface area contributed by atoms with Crippen LogP contribution >= 0.6 is 0 Å². The molecule has 0 aliphatic heterocycles. The van der Waals surface area contributed by atoms with E-state index < -0.39 is 4.92 Å². The molecule has 0 aliphatic carbocycles. The smallest absolute Gasteiger partial charge is 0.269 e. The lowest BCUT2D eigenvalue weighted by Crippen LogP contribution is -1.97. The van der Waals surface area contributed by atoms with Crippen molar-refractivity contribution in [3.63, 3.8) is 0 Å². The third-order valence-corrected chi connectivity index (χ3v) is 3.14. The lowest BCUT2D eigenvalue weighted by atomic mass is 10.1. The van der Waals surface area contributed by atoms with Crippen LogP contribution in [-0.2, 0) is 0 Å². The molecule has 2 rings (SSSR count). The molecule has 0 radical (unpaired) electrons. The lowest BCUT2D eigenvalue weighted by Gasteiger charge is -2.04. The van der Waals surface area contributed by atoms with Crippen molar-refractivity contribution < 1.29 is 14.5 Å². The summed E-state index contributed by atoms with van der Waals surface area (Å²) in [7, 11) is 0. The van der Waals surface area contributed by atoms with E-state index in [1.165, 1.54) is 18.2 Å². The second kappa shape index (κ2) is 7.89. The lowest BCUT2D eigenvalue weighted by molar-refractivity contribution is -0.384. The second-order valence-electron chi connectivity index (χ2n) is 4.92. The highest BCUT2D eigenvalue weighted by molar-refractivity contribution is 6.06. The minimum atomic E-state index is -0.458. The van der Waals surface area contributed by atoms with Gasteiger partial charge >= 0.3 is 0 Å². The molecule has 0 fully saturated rings. The van der Waals surface area contributed by atoms with Crippen LogP contribution in [0.3, 0.4) is 0 Å². The van der Waals surface area contributed by atoms with Gasteiger partial charge < -0.3 is 4.74 Å². The zero-order valence-corrected chi connectivity index (χ0v) is 12.8. The average Bonchev–Trinajstić information content (AvgIpc) is 2.58. The van der Waals surface area contributed by atoms with Crippen LogP contribution in [-0.4, -0.2) is 17.3 Å². The van der Waals surface area contributed by atoms with Gasteiger partial charge in [-0.05, 0) is 54.5 Å². The van der Waals surface area contributed by atoms with Crippen LogP contribution in [0, 0.1) is 10.1 Å². The van der Waals surface area contributed by atoms with Crippen molar-refractivity contribution in [2.24, 2.45) is 0 Å². The van der Waals surface area contributed by atoms with E-state index in [-0.39, 0.29) is 11.5 Å². The minimum absolute atomic E-state index is 0.0242.